The van der Waals surface area contributed by atoms with Gasteiger partial charge in [0.15, 0.2) is 0 Å². The minimum absolute atomic E-state index is 0.304. The molecule has 16 heavy (non-hydrogen) atoms. The monoisotopic (exact) mass is 226 g/mol. The standard InChI is InChI=1S/C11H18N2O3/c1-7-9(6-12(3)15)10(11(14)16-5)8(2)13(7)4/h15H,6H2,1-5H3. The predicted octanol–water partition coefficient (Wildman–Crippen LogP) is 1.25. The number of carbonyl (C=O) groups is 1. The maximum Gasteiger partial charge on any atom is 0.340 e. The van der Waals surface area contributed by atoms with Crippen molar-refractivity contribution in [3.8, 4) is 0 Å². The Kier molecular flexibility index (Phi) is 3.72. The summed E-state index contributed by atoms with van der Waals surface area (Å²) in [5.41, 5.74) is 3.15. The number of rotatable bonds is 3. The number of aromatic nitrogens is 1. The summed E-state index contributed by atoms with van der Waals surface area (Å²) in [6.07, 6.45) is 0. The first kappa shape index (κ1) is 12.7. The van der Waals surface area contributed by atoms with Crippen LogP contribution in [0, 0.1) is 13.8 Å². The molecule has 0 radical (unpaired) electrons. The Morgan fingerprint density at radius 2 is 2.00 bits per heavy atom. The molecule has 0 fully saturated rings. The molecule has 5 nitrogen and oxygen atoms in total. The SMILES string of the molecule is COC(=O)c1c(CN(C)O)c(C)n(C)c1C. The van der Waals surface area contributed by atoms with E-state index < -0.39 is 0 Å². The second-order valence-corrected chi connectivity index (χ2v) is 3.89. The number of methoxy groups -OCH3 is 1. The lowest BCUT2D eigenvalue weighted by atomic mass is 10.1. The van der Waals surface area contributed by atoms with E-state index in [9.17, 15) is 10.0 Å². The van der Waals surface area contributed by atoms with Gasteiger partial charge in [-0.3, -0.25) is 0 Å². The van der Waals surface area contributed by atoms with Gasteiger partial charge in [-0.1, -0.05) is 0 Å². The zero-order chi connectivity index (χ0) is 12.5. The zero-order valence-electron chi connectivity index (χ0n) is 10.4. The highest BCUT2D eigenvalue weighted by Crippen LogP contribution is 2.23. The Labute approximate surface area is 95.2 Å². The van der Waals surface area contributed by atoms with Crippen LogP contribution in [0.2, 0.25) is 0 Å². The van der Waals surface area contributed by atoms with E-state index in [4.69, 9.17) is 4.74 Å². The minimum Gasteiger partial charge on any atom is -0.465 e. The second-order valence-electron chi connectivity index (χ2n) is 3.89. The quantitative estimate of drug-likeness (QED) is 0.622. The van der Waals surface area contributed by atoms with Crippen molar-refractivity contribution in [1.29, 1.82) is 0 Å². The van der Waals surface area contributed by atoms with Crippen molar-refractivity contribution in [3.05, 3.63) is 22.5 Å². The van der Waals surface area contributed by atoms with Crippen molar-refractivity contribution in [3.63, 3.8) is 0 Å². The summed E-state index contributed by atoms with van der Waals surface area (Å²) < 4.78 is 6.68. The fourth-order valence-corrected chi connectivity index (χ4v) is 1.82. The van der Waals surface area contributed by atoms with E-state index in [-0.39, 0.29) is 5.97 Å². The lowest BCUT2D eigenvalue weighted by Gasteiger charge is -2.09. The van der Waals surface area contributed by atoms with E-state index in [0.29, 0.717) is 12.1 Å². The van der Waals surface area contributed by atoms with Crippen LogP contribution in [0.5, 0.6) is 0 Å². The van der Waals surface area contributed by atoms with Crippen molar-refractivity contribution >= 4 is 5.97 Å². The Morgan fingerprint density at radius 3 is 2.44 bits per heavy atom. The van der Waals surface area contributed by atoms with E-state index in [2.05, 4.69) is 0 Å². The molecule has 5 heteroatoms. The van der Waals surface area contributed by atoms with Crippen LogP contribution >= 0.6 is 0 Å². The van der Waals surface area contributed by atoms with Gasteiger partial charge in [0.25, 0.3) is 0 Å². The third-order valence-electron chi connectivity index (χ3n) is 2.88. The van der Waals surface area contributed by atoms with Gasteiger partial charge < -0.3 is 14.5 Å². The van der Waals surface area contributed by atoms with Crippen molar-refractivity contribution in [2.45, 2.75) is 20.4 Å². The molecule has 0 amide bonds. The first-order valence-electron chi connectivity index (χ1n) is 5.03. The third kappa shape index (κ3) is 2.10. The molecule has 90 valence electrons. The fourth-order valence-electron chi connectivity index (χ4n) is 1.82. The van der Waals surface area contributed by atoms with Crippen molar-refractivity contribution in [2.24, 2.45) is 7.05 Å². The topological polar surface area (TPSA) is 54.7 Å². The van der Waals surface area contributed by atoms with E-state index in [1.54, 1.807) is 7.05 Å². The number of nitrogens with zero attached hydrogens (tertiary/aromatic N) is 2. The van der Waals surface area contributed by atoms with Gasteiger partial charge in [-0.2, -0.15) is 5.06 Å². The first-order chi connectivity index (χ1) is 7.40. The highest BCUT2D eigenvalue weighted by Gasteiger charge is 2.22. The molecule has 0 aliphatic carbocycles. The van der Waals surface area contributed by atoms with Gasteiger partial charge in [0.05, 0.1) is 19.2 Å². The van der Waals surface area contributed by atoms with Crippen molar-refractivity contribution in [1.82, 2.24) is 9.63 Å². The molecule has 0 aromatic carbocycles. The molecule has 0 aliphatic rings. The highest BCUT2D eigenvalue weighted by atomic mass is 16.5. The van der Waals surface area contributed by atoms with E-state index in [1.165, 1.54) is 7.11 Å². The number of hydroxylamine groups is 2. The molecular weight excluding hydrogens is 208 g/mol. The molecule has 1 aromatic rings. The van der Waals surface area contributed by atoms with Crippen LogP contribution in [0.25, 0.3) is 0 Å². The number of hydrogen-bond acceptors (Lipinski definition) is 4. The van der Waals surface area contributed by atoms with Crippen LogP contribution in [0.3, 0.4) is 0 Å². The Bertz CT molecular complexity index is 408. The van der Waals surface area contributed by atoms with Gasteiger partial charge in [-0.15, -0.1) is 0 Å². The second kappa shape index (κ2) is 4.67. The number of hydrogen-bond donors (Lipinski definition) is 1. The van der Waals surface area contributed by atoms with Crippen LogP contribution in [-0.4, -0.2) is 35.0 Å². The maximum absolute atomic E-state index is 11.7. The summed E-state index contributed by atoms with van der Waals surface area (Å²) in [5.74, 6) is -0.363. The lowest BCUT2D eigenvalue weighted by molar-refractivity contribution is -0.0734. The molecule has 0 spiro atoms. The summed E-state index contributed by atoms with van der Waals surface area (Å²) >= 11 is 0. The Morgan fingerprint density at radius 1 is 1.44 bits per heavy atom. The number of ether oxygens (including phenoxy) is 1. The van der Waals surface area contributed by atoms with Gasteiger partial charge in [0.2, 0.25) is 0 Å². The Hall–Kier alpha value is -1.33. The summed E-state index contributed by atoms with van der Waals surface area (Å²) in [7, 11) is 4.79. The minimum atomic E-state index is -0.363. The smallest absolute Gasteiger partial charge is 0.340 e. The average Bonchev–Trinajstić information content (AvgIpc) is 2.42. The van der Waals surface area contributed by atoms with E-state index >= 15 is 0 Å². The molecule has 0 aliphatic heterocycles. The van der Waals surface area contributed by atoms with Gasteiger partial charge in [-0.05, 0) is 13.8 Å². The third-order valence-corrected chi connectivity index (χ3v) is 2.88. The van der Waals surface area contributed by atoms with Crippen LogP contribution in [0.15, 0.2) is 0 Å². The average molecular weight is 226 g/mol. The highest BCUT2D eigenvalue weighted by molar-refractivity contribution is 5.93. The van der Waals surface area contributed by atoms with Gasteiger partial charge >= 0.3 is 5.97 Å². The number of carbonyl (C=O) groups excluding carboxylic acids is 1. The summed E-state index contributed by atoms with van der Waals surface area (Å²) in [4.78, 5) is 11.7. The molecule has 1 aromatic heterocycles. The molecule has 0 saturated heterocycles. The zero-order valence-corrected chi connectivity index (χ0v) is 10.4. The largest absolute Gasteiger partial charge is 0.465 e. The molecule has 1 heterocycles. The molecule has 0 unspecified atom stereocenters. The summed E-state index contributed by atoms with van der Waals surface area (Å²) in [6, 6.07) is 0. The maximum atomic E-state index is 11.7. The summed E-state index contributed by atoms with van der Waals surface area (Å²) in [5, 5.41) is 10.3. The van der Waals surface area contributed by atoms with Crippen LogP contribution in [0.1, 0.15) is 27.3 Å². The normalized spacial score (nSPS) is 10.9. The van der Waals surface area contributed by atoms with Gasteiger partial charge in [0, 0.05) is 31.0 Å². The molecule has 0 saturated carbocycles. The lowest BCUT2D eigenvalue weighted by Crippen LogP contribution is -2.15. The van der Waals surface area contributed by atoms with Gasteiger partial charge in [0.1, 0.15) is 0 Å². The van der Waals surface area contributed by atoms with Crippen molar-refractivity contribution in [2.75, 3.05) is 14.2 Å². The fraction of sp³-hybridized carbons (Fsp3) is 0.545. The van der Waals surface area contributed by atoms with Crippen LogP contribution in [-0.2, 0) is 18.3 Å². The summed E-state index contributed by atoms with van der Waals surface area (Å²) in [6.45, 7) is 4.08. The predicted molar refractivity (Wildman–Crippen MR) is 59.5 cm³/mol. The van der Waals surface area contributed by atoms with Gasteiger partial charge in [-0.25, -0.2) is 4.79 Å². The van der Waals surface area contributed by atoms with Crippen LogP contribution in [0.4, 0.5) is 0 Å². The molecule has 1 N–H and O–H groups in total. The number of esters is 1. The van der Waals surface area contributed by atoms with Crippen LogP contribution < -0.4 is 0 Å². The molecule has 1 rings (SSSR count). The van der Waals surface area contributed by atoms with Crippen molar-refractivity contribution < 1.29 is 14.7 Å². The Balaban J connectivity index is 3.33. The molecular formula is C11H18N2O3. The molecule has 0 atom stereocenters. The molecule has 0 bridgehead atoms. The first-order valence-corrected chi connectivity index (χ1v) is 5.03. The van der Waals surface area contributed by atoms with E-state index in [0.717, 1.165) is 22.0 Å². The van der Waals surface area contributed by atoms with E-state index in [1.807, 2.05) is 25.5 Å².